The first kappa shape index (κ1) is 19.0. The standard InChI is InChI=1S/C18H23BN2O4/c1-25-16-4-2-3-13(11-16)9-10-21-18(22)17(20)12-14-5-7-15(8-6-14)19(23)24/h2-8,11,17,23-24H,9-10,12,20H2,1H3,(H,21,22)/t17-/m0/s1. The molecule has 0 spiro atoms. The van der Waals surface area contributed by atoms with Crippen molar-refractivity contribution in [3.05, 3.63) is 59.7 Å². The van der Waals surface area contributed by atoms with Gasteiger partial charge in [0.2, 0.25) is 5.91 Å². The lowest BCUT2D eigenvalue weighted by Crippen LogP contribution is -2.42. The molecule has 2 aromatic rings. The zero-order valence-electron chi connectivity index (χ0n) is 14.2. The highest BCUT2D eigenvalue weighted by Gasteiger charge is 2.15. The molecule has 0 saturated carbocycles. The third-order valence-electron chi connectivity index (χ3n) is 3.92. The largest absolute Gasteiger partial charge is 0.497 e. The highest BCUT2D eigenvalue weighted by molar-refractivity contribution is 6.58. The Labute approximate surface area is 147 Å². The number of carbonyl (C=O) groups is 1. The maximum absolute atomic E-state index is 12.1. The molecule has 0 heterocycles. The average molecular weight is 342 g/mol. The first-order chi connectivity index (χ1) is 12.0. The molecule has 0 aliphatic heterocycles. The third kappa shape index (κ3) is 5.90. The zero-order chi connectivity index (χ0) is 18.2. The monoisotopic (exact) mass is 342 g/mol. The van der Waals surface area contributed by atoms with Crippen LogP contribution in [0.15, 0.2) is 48.5 Å². The fourth-order valence-corrected chi connectivity index (χ4v) is 2.46. The van der Waals surface area contributed by atoms with Gasteiger partial charge in [-0.3, -0.25) is 4.79 Å². The molecule has 0 aliphatic rings. The molecule has 0 aliphatic carbocycles. The van der Waals surface area contributed by atoms with Crippen molar-refractivity contribution in [1.29, 1.82) is 0 Å². The van der Waals surface area contributed by atoms with Crippen LogP contribution < -0.4 is 21.3 Å². The highest BCUT2D eigenvalue weighted by atomic mass is 16.5. The lowest BCUT2D eigenvalue weighted by Gasteiger charge is -2.13. The van der Waals surface area contributed by atoms with E-state index in [0.29, 0.717) is 24.8 Å². The smallest absolute Gasteiger partial charge is 0.488 e. The lowest BCUT2D eigenvalue weighted by atomic mass is 9.80. The molecule has 0 saturated heterocycles. The van der Waals surface area contributed by atoms with Crippen molar-refractivity contribution in [1.82, 2.24) is 5.32 Å². The molecule has 0 unspecified atom stereocenters. The normalized spacial score (nSPS) is 11.7. The maximum Gasteiger partial charge on any atom is 0.488 e. The van der Waals surface area contributed by atoms with Gasteiger partial charge in [0.05, 0.1) is 13.2 Å². The van der Waals surface area contributed by atoms with Crippen LogP contribution >= 0.6 is 0 Å². The van der Waals surface area contributed by atoms with E-state index in [4.69, 9.17) is 20.5 Å². The van der Waals surface area contributed by atoms with Crippen LogP contribution in [0.4, 0.5) is 0 Å². The Kier molecular flexibility index (Phi) is 7.00. The first-order valence-corrected chi connectivity index (χ1v) is 8.11. The van der Waals surface area contributed by atoms with Crippen molar-refractivity contribution in [3.8, 4) is 5.75 Å². The highest BCUT2D eigenvalue weighted by Crippen LogP contribution is 2.12. The summed E-state index contributed by atoms with van der Waals surface area (Å²) < 4.78 is 5.17. The fraction of sp³-hybridized carbons (Fsp3) is 0.278. The van der Waals surface area contributed by atoms with Gasteiger partial charge in [-0.2, -0.15) is 0 Å². The molecular formula is C18H23BN2O4. The summed E-state index contributed by atoms with van der Waals surface area (Å²) in [5.41, 5.74) is 8.28. The number of benzene rings is 2. The molecule has 6 nitrogen and oxygen atoms in total. The summed E-state index contributed by atoms with van der Waals surface area (Å²) in [6.07, 6.45) is 1.07. The van der Waals surface area contributed by atoms with Gasteiger partial charge in [0.1, 0.15) is 5.75 Å². The minimum Gasteiger partial charge on any atom is -0.497 e. The summed E-state index contributed by atoms with van der Waals surface area (Å²) in [5.74, 6) is 0.575. The van der Waals surface area contributed by atoms with E-state index in [1.54, 1.807) is 31.4 Å². The summed E-state index contributed by atoms with van der Waals surface area (Å²) in [7, 11) is 0.121. The average Bonchev–Trinajstić information content (AvgIpc) is 2.62. The number of nitrogens with one attached hydrogen (secondary N) is 1. The van der Waals surface area contributed by atoms with E-state index < -0.39 is 13.2 Å². The molecule has 0 bridgehead atoms. The molecule has 7 heteroatoms. The van der Waals surface area contributed by atoms with Gasteiger partial charge in [-0.15, -0.1) is 0 Å². The number of rotatable bonds is 8. The fourth-order valence-electron chi connectivity index (χ4n) is 2.46. The summed E-state index contributed by atoms with van der Waals surface area (Å²) in [6, 6.07) is 13.7. The second-order valence-corrected chi connectivity index (χ2v) is 5.82. The summed E-state index contributed by atoms with van der Waals surface area (Å²) in [6.45, 7) is 0.495. The summed E-state index contributed by atoms with van der Waals surface area (Å²) in [5, 5.41) is 21.0. The molecule has 5 N–H and O–H groups in total. The molecule has 1 amide bonds. The number of methoxy groups -OCH3 is 1. The van der Waals surface area contributed by atoms with E-state index in [9.17, 15) is 4.79 Å². The van der Waals surface area contributed by atoms with Crippen molar-refractivity contribution in [2.75, 3.05) is 13.7 Å². The van der Waals surface area contributed by atoms with Gasteiger partial charge >= 0.3 is 7.12 Å². The number of hydrogen-bond donors (Lipinski definition) is 4. The molecule has 0 radical (unpaired) electrons. The van der Waals surface area contributed by atoms with Crippen LogP contribution in [-0.2, 0) is 17.6 Å². The maximum atomic E-state index is 12.1. The lowest BCUT2D eigenvalue weighted by molar-refractivity contribution is -0.122. The molecular weight excluding hydrogens is 319 g/mol. The number of carbonyl (C=O) groups excluding carboxylic acids is 1. The molecule has 2 rings (SSSR count). The second-order valence-electron chi connectivity index (χ2n) is 5.82. The zero-order valence-corrected chi connectivity index (χ0v) is 14.2. The Morgan fingerprint density at radius 2 is 1.92 bits per heavy atom. The van der Waals surface area contributed by atoms with Gasteiger partial charge in [0.25, 0.3) is 0 Å². The molecule has 0 fully saturated rings. The van der Waals surface area contributed by atoms with E-state index in [0.717, 1.165) is 16.9 Å². The van der Waals surface area contributed by atoms with E-state index in [2.05, 4.69) is 5.32 Å². The third-order valence-corrected chi connectivity index (χ3v) is 3.92. The van der Waals surface area contributed by atoms with Gasteiger partial charge in [0.15, 0.2) is 0 Å². The van der Waals surface area contributed by atoms with Crippen LogP contribution in [0.2, 0.25) is 0 Å². The van der Waals surface area contributed by atoms with Crippen LogP contribution in [0.3, 0.4) is 0 Å². The quantitative estimate of drug-likeness (QED) is 0.489. The Balaban J connectivity index is 1.79. The van der Waals surface area contributed by atoms with Crippen LogP contribution in [0.25, 0.3) is 0 Å². The number of ether oxygens (including phenoxy) is 1. The van der Waals surface area contributed by atoms with Gasteiger partial charge < -0.3 is 25.8 Å². The van der Waals surface area contributed by atoms with E-state index >= 15 is 0 Å². The topological polar surface area (TPSA) is 105 Å². The molecule has 25 heavy (non-hydrogen) atoms. The van der Waals surface area contributed by atoms with Gasteiger partial charge in [0, 0.05) is 6.54 Å². The second kappa shape index (κ2) is 9.22. The van der Waals surface area contributed by atoms with Crippen molar-refractivity contribution in [2.24, 2.45) is 5.73 Å². The van der Waals surface area contributed by atoms with Crippen LogP contribution in [0.1, 0.15) is 11.1 Å². The summed E-state index contributed by atoms with van der Waals surface area (Å²) in [4.78, 5) is 12.1. The van der Waals surface area contributed by atoms with Crippen molar-refractivity contribution >= 4 is 18.5 Å². The Hall–Kier alpha value is -2.35. The number of hydrogen-bond acceptors (Lipinski definition) is 5. The predicted molar refractivity (Wildman–Crippen MR) is 97.7 cm³/mol. The van der Waals surface area contributed by atoms with E-state index in [1.807, 2.05) is 24.3 Å². The van der Waals surface area contributed by atoms with Crippen molar-refractivity contribution < 1.29 is 19.6 Å². The minimum absolute atomic E-state index is 0.214. The molecule has 1 atom stereocenters. The number of nitrogens with two attached hydrogens (primary N) is 1. The summed E-state index contributed by atoms with van der Waals surface area (Å²) >= 11 is 0. The van der Waals surface area contributed by atoms with E-state index in [1.165, 1.54) is 0 Å². The van der Waals surface area contributed by atoms with Crippen LogP contribution in [0, 0.1) is 0 Å². The Bertz CT molecular complexity index is 692. The van der Waals surface area contributed by atoms with Gasteiger partial charge in [-0.25, -0.2) is 0 Å². The van der Waals surface area contributed by atoms with Crippen molar-refractivity contribution in [2.45, 2.75) is 18.9 Å². The van der Waals surface area contributed by atoms with Crippen LogP contribution in [-0.4, -0.2) is 42.8 Å². The molecule has 0 aromatic heterocycles. The minimum atomic E-state index is -1.50. The SMILES string of the molecule is COc1cccc(CCNC(=O)[C@@H](N)Cc2ccc(B(O)O)cc2)c1. The van der Waals surface area contributed by atoms with E-state index in [-0.39, 0.29) is 5.91 Å². The van der Waals surface area contributed by atoms with Crippen molar-refractivity contribution in [3.63, 3.8) is 0 Å². The van der Waals surface area contributed by atoms with Gasteiger partial charge in [-0.05, 0) is 41.6 Å². The number of amides is 1. The molecule has 132 valence electrons. The first-order valence-electron chi connectivity index (χ1n) is 8.11. The predicted octanol–water partition coefficient (Wildman–Crippen LogP) is -0.396. The van der Waals surface area contributed by atoms with Gasteiger partial charge in [-0.1, -0.05) is 36.4 Å². The Morgan fingerprint density at radius 3 is 2.56 bits per heavy atom. The van der Waals surface area contributed by atoms with Crippen LogP contribution in [0.5, 0.6) is 5.75 Å². The molecule has 2 aromatic carbocycles. The Morgan fingerprint density at radius 1 is 1.20 bits per heavy atom.